The molecule has 0 aliphatic heterocycles. The zero-order chi connectivity index (χ0) is 14.8. The standard InChI is InChI=1S/C10H14N4O4S2/c1-17-13-7(15)4-19-9-3-10(12-6-11-9)20-5-8(16)14-18-2/h3,6H,4-5H2,1-2H3,(H,13,15)(H,14,16). The van der Waals surface area contributed by atoms with Gasteiger partial charge in [-0.15, -0.1) is 0 Å². The minimum Gasteiger partial charge on any atom is -0.277 e. The lowest BCUT2D eigenvalue weighted by molar-refractivity contribution is -0.129. The van der Waals surface area contributed by atoms with E-state index >= 15 is 0 Å². The minimum absolute atomic E-state index is 0.180. The average Bonchev–Trinajstić information content (AvgIpc) is 2.44. The van der Waals surface area contributed by atoms with Crippen molar-refractivity contribution in [3.8, 4) is 0 Å². The number of carbonyl (C=O) groups excluding carboxylic acids is 2. The Morgan fingerprint density at radius 1 is 1.05 bits per heavy atom. The number of hydroxylamine groups is 2. The van der Waals surface area contributed by atoms with Gasteiger partial charge in [0.05, 0.1) is 25.7 Å². The van der Waals surface area contributed by atoms with Crippen molar-refractivity contribution in [1.82, 2.24) is 20.9 Å². The number of carbonyl (C=O) groups is 2. The summed E-state index contributed by atoms with van der Waals surface area (Å²) in [5, 5.41) is 1.28. The molecular formula is C10H14N4O4S2. The number of hydrogen-bond donors (Lipinski definition) is 2. The molecule has 1 heterocycles. The monoisotopic (exact) mass is 318 g/mol. The highest BCUT2D eigenvalue weighted by atomic mass is 32.2. The minimum atomic E-state index is -0.259. The number of hydrogen-bond acceptors (Lipinski definition) is 8. The molecule has 0 unspecified atom stereocenters. The van der Waals surface area contributed by atoms with Crippen molar-refractivity contribution in [2.75, 3.05) is 25.7 Å². The second kappa shape index (κ2) is 9.53. The van der Waals surface area contributed by atoms with Gasteiger partial charge < -0.3 is 0 Å². The first-order valence-electron chi connectivity index (χ1n) is 5.37. The lowest BCUT2D eigenvalue weighted by Gasteiger charge is -2.04. The number of nitrogens with zero attached hydrogens (tertiary/aromatic N) is 2. The van der Waals surface area contributed by atoms with E-state index < -0.39 is 0 Å². The Labute approximate surface area is 124 Å². The molecule has 0 saturated heterocycles. The molecular weight excluding hydrogens is 304 g/mol. The largest absolute Gasteiger partial charge is 0.277 e. The van der Waals surface area contributed by atoms with E-state index in [9.17, 15) is 9.59 Å². The quantitative estimate of drug-likeness (QED) is 0.393. The van der Waals surface area contributed by atoms with Crippen LogP contribution in [0.1, 0.15) is 0 Å². The summed E-state index contributed by atoms with van der Waals surface area (Å²) in [5.41, 5.74) is 4.42. The molecule has 0 atom stereocenters. The van der Waals surface area contributed by atoms with Crippen LogP contribution >= 0.6 is 23.5 Å². The lowest BCUT2D eigenvalue weighted by atomic mass is 10.7. The van der Waals surface area contributed by atoms with Crippen molar-refractivity contribution < 1.29 is 19.3 Å². The van der Waals surface area contributed by atoms with Crippen LogP contribution in [0.5, 0.6) is 0 Å². The summed E-state index contributed by atoms with van der Waals surface area (Å²) in [7, 11) is 2.74. The number of nitrogens with one attached hydrogen (secondary N) is 2. The molecule has 1 aromatic heterocycles. The second-order valence-electron chi connectivity index (χ2n) is 3.23. The molecule has 2 N–H and O–H groups in total. The molecule has 0 fully saturated rings. The van der Waals surface area contributed by atoms with E-state index in [1.54, 1.807) is 6.07 Å². The molecule has 0 saturated carbocycles. The maximum atomic E-state index is 11.2. The van der Waals surface area contributed by atoms with Gasteiger partial charge in [0.1, 0.15) is 16.4 Å². The Morgan fingerprint density at radius 3 is 1.90 bits per heavy atom. The van der Waals surface area contributed by atoms with Crippen molar-refractivity contribution in [2.24, 2.45) is 0 Å². The summed E-state index contributed by atoms with van der Waals surface area (Å²) in [6, 6.07) is 1.70. The van der Waals surface area contributed by atoms with Gasteiger partial charge in [0.2, 0.25) is 0 Å². The Bertz CT molecular complexity index is 423. The van der Waals surface area contributed by atoms with Crippen LogP contribution in [0.15, 0.2) is 22.4 Å². The zero-order valence-electron chi connectivity index (χ0n) is 10.9. The van der Waals surface area contributed by atoms with Gasteiger partial charge in [-0.3, -0.25) is 19.3 Å². The highest BCUT2D eigenvalue weighted by Crippen LogP contribution is 2.20. The Kier molecular flexibility index (Phi) is 7.95. The van der Waals surface area contributed by atoms with Crippen molar-refractivity contribution in [3.63, 3.8) is 0 Å². The van der Waals surface area contributed by atoms with E-state index in [1.807, 2.05) is 0 Å². The van der Waals surface area contributed by atoms with Crippen molar-refractivity contribution in [3.05, 3.63) is 12.4 Å². The van der Waals surface area contributed by atoms with E-state index in [4.69, 9.17) is 0 Å². The van der Waals surface area contributed by atoms with E-state index in [1.165, 1.54) is 44.1 Å². The third-order valence-corrected chi connectivity index (χ3v) is 3.60. The molecule has 0 aliphatic rings. The zero-order valence-corrected chi connectivity index (χ0v) is 12.5. The summed E-state index contributed by atoms with van der Waals surface area (Å²) in [4.78, 5) is 39.5. The van der Waals surface area contributed by atoms with Gasteiger partial charge in [-0.05, 0) is 0 Å². The highest BCUT2D eigenvalue weighted by Gasteiger charge is 2.07. The first-order chi connectivity index (χ1) is 9.65. The van der Waals surface area contributed by atoms with Crippen molar-refractivity contribution in [2.45, 2.75) is 10.1 Å². The van der Waals surface area contributed by atoms with Crippen LogP contribution in [0, 0.1) is 0 Å². The second-order valence-corrected chi connectivity index (χ2v) is 5.22. The molecule has 0 radical (unpaired) electrons. The first-order valence-corrected chi connectivity index (χ1v) is 7.34. The molecule has 110 valence electrons. The molecule has 0 aromatic carbocycles. The van der Waals surface area contributed by atoms with Crippen molar-refractivity contribution >= 4 is 35.3 Å². The topological polar surface area (TPSA) is 102 Å². The fourth-order valence-electron chi connectivity index (χ4n) is 1.05. The number of amides is 2. The van der Waals surface area contributed by atoms with Crippen LogP contribution in [-0.4, -0.2) is 47.5 Å². The SMILES string of the molecule is CONC(=O)CSc1cc(SCC(=O)NOC)ncn1. The summed E-state index contributed by atoms with van der Waals surface area (Å²) < 4.78 is 0. The van der Waals surface area contributed by atoms with Gasteiger partial charge in [-0.25, -0.2) is 20.9 Å². The predicted molar refractivity (Wildman–Crippen MR) is 73.8 cm³/mol. The Morgan fingerprint density at radius 2 is 1.50 bits per heavy atom. The Hall–Kier alpha value is -1.36. The van der Waals surface area contributed by atoms with Crippen LogP contribution in [0.4, 0.5) is 0 Å². The number of thioether (sulfide) groups is 2. The molecule has 0 bridgehead atoms. The third kappa shape index (κ3) is 6.70. The van der Waals surface area contributed by atoms with Crippen LogP contribution in [0.3, 0.4) is 0 Å². The van der Waals surface area contributed by atoms with E-state index in [-0.39, 0.29) is 23.3 Å². The Balaban J connectivity index is 2.45. The van der Waals surface area contributed by atoms with Gasteiger partial charge in [0.25, 0.3) is 11.8 Å². The van der Waals surface area contributed by atoms with Gasteiger partial charge in [-0.1, -0.05) is 23.5 Å². The van der Waals surface area contributed by atoms with E-state index in [0.717, 1.165) is 0 Å². The highest BCUT2D eigenvalue weighted by molar-refractivity contribution is 8.00. The van der Waals surface area contributed by atoms with Crippen LogP contribution in [0.25, 0.3) is 0 Å². The summed E-state index contributed by atoms with van der Waals surface area (Å²) in [5.74, 6) is -0.160. The summed E-state index contributed by atoms with van der Waals surface area (Å²) >= 11 is 2.49. The molecule has 2 amide bonds. The number of aromatic nitrogens is 2. The third-order valence-electron chi connectivity index (χ3n) is 1.75. The predicted octanol–water partition coefficient (Wildman–Crippen LogP) is 0.0160. The van der Waals surface area contributed by atoms with Crippen LogP contribution in [0.2, 0.25) is 0 Å². The van der Waals surface area contributed by atoms with E-state index in [0.29, 0.717) is 10.1 Å². The molecule has 20 heavy (non-hydrogen) atoms. The summed E-state index contributed by atoms with van der Waals surface area (Å²) in [6.45, 7) is 0. The van der Waals surface area contributed by atoms with Crippen molar-refractivity contribution in [1.29, 1.82) is 0 Å². The normalized spacial score (nSPS) is 10.1. The maximum absolute atomic E-state index is 11.2. The fourth-order valence-corrected chi connectivity index (χ4v) is 2.43. The molecule has 0 aliphatic carbocycles. The van der Waals surface area contributed by atoms with Gasteiger partial charge in [-0.2, -0.15) is 0 Å². The van der Waals surface area contributed by atoms with Gasteiger partial charge in [0.15, 0.2) is 0 Å². The van der Waals surface area contributed by atoms with Crippen LogP contribution < -0.4 is 11.0 Å². The van der Waals surface area contributed by atoms with Gasteiger partial charge >= 0.3 is 0 Å². The molecule has 8 nitrogen and oxygen atoms in total. The lowest BCUT2D eigenvalue weighted by Crippen LogP contribution is -2.23. The maximum Gasteiger partial charge on any atom is 0.253 e. The molecule has 1 aromatic rings. The van der Waals surface area contributed by atoms with Gasteiger partial charge in [0, 0.05) is 6.07 Å². The average molecular weight is 318 g/mol. The number of rotatable bonds is 8. The molecule has 0 spiro atoms. The smallest absolute Gasteiger partial charge is 0.253 e. The summed E-state index contributed by atoms with van der Waals surface area (Å²) in [6.07, 6.45) is 1.38. The molecule has 10 heteroatoms. The fraction of sp³-hybridized carbons (Fsp3) is 0.400. The van der Waals surface area contributed by atoms with E-state index in [2.05, 4.69) is 30.6 Å². The first kappa shape index (κ1) is 16.7. The van der Waals surface area contributed by atoms with Crippen LogP contribution in [-0.2, 0) is 19.3 Å². The molecule has 1 rings (SSSR count).